The Bertz CT molecular complexity index is 660. The van der Waals surface area contributed by atoms with Gasteiger partial charge in [-0.05, 0) is 6.07 Å². The fourth-order valence-electron chi connectivity index (χ4n) is 1.26. The predicted molar refractivity (Wildman–Crippen MR) is 70.1 cm³/mol. The summed E-state index contributed by atoms with van der Waals surface area (Å²) in [6, 6.07) is 1.37. The third-order valence-electron chi connectivity index (χ3n) is 2.03. The molecule has 12 heteroatoms. The predicted octanol–water partition coefficient (Wildman–Crippen LogP) is 0.748. The number of hydrogen-bond acceptors (Lipinski definition) is 6. The van der Waals surface area contributed by atoms with Crippen LogP contribution in [-0.4, -0.2) is 41.8 Å². The molecule has 1 heterocycles. The average molecular weight is 347 g/mol. The molecule has 116 valence electrons. The Morgan fingerprint density at radius 2 is 1.95 bits per heavy atom. The van der Waals surface area contributed by atoms with Gasteiger partial charge in [0.15, 0.2) is 9.84 Å². The van der Waals surface area contributed by atoms with Gasteiger partial charge in [-0.3, -0.25) is 9.09 Å². The highest BCUT2D eigenvalue weighted by Crippen LogP contribution is 2.57. The maximum Gasteiger partial charge on any atom is 0.479 e. The molecule has 20 heavy (non-hydrogen) atoms. The van der Waals surface area contributed by atoms with E-state index in [0.29, 0.717) is 6.66 Å². The van der Waals surface area contributed by atoms with Crippen LogP contribution in [-0.2, 0) is 34.8 Å². The molecule has 0 aromatic carbocycles. The first-order valence-electron chi connectivity index (χ1n) is 5.25. The highest BCUT2D eigenvalue weighted by atomic mass is 32.2. The van der Waals surface area contributed by atoms with Crippen molar-refractivity contribution in [2.45, 2.75) is 4.90 Å². The number of phosphoric ester groups is 1. The van der Waals surface area contributed by atoms with E-state index in [0.717, 1.165) is 0 Å². The van der Waals surface area contributed by atoms with E-state index in [1.54, 1.807) is 7.05 Å². The van der Waals surface area contributed by atoms with Gasteiger partial charge >= 0.3 is 15.4 Å². The minimum atomic E-state index is -4.77. The molecule has 0 spiro atoms. The van der Waals surface area contributed by atoms with Gasteiger partial charge in [0.2, 0.25) is 0 Å². The second kappa shape index (κ2) is 6.11. The van der Waals surface area contributed by atoms with E-state index < -0.39 is 37.6 Å². The summed E-state index contributed by atoms with van der Waals surface area (Å²) in [5.74, 6) is -0.565. The topological polar surface area (TPSA) is 132 Å². The van der Waals surface area contributed by atoms with E-state index in [-0.39, 0.29) is 4.90 Å². The first-order valence-corrected chi connectivity index (χ1v) is 10.4. The molecule has 1 aromatic heterocycles. The summed E-state index contributed by atoms with van der Waals surface area (Å²) in [5, 5.41) is 0. The third-order valence-corrected chi connectivity index (χ3v) is 6.24. The first kappa shape index (κ1) is 17.6. The van der Waals surface area contributed by atoms with Crippen molar-refractivity contribution in [3.63, 3.8) is 0 Å². The van der Waals surface area contributed by atoms with Gasteiger partial charge in [-0.2, -0.15) is 0 Å². The fourth-order valence-corrected chi connectivity index (χ4v) is 4.56. The second-order valence-electron chi connectivity index (χ2n) is 4.02. The Balaban J connectivity index is 2.60. The summed E-state index contributed by atoms with van der Waals surface area (Å²) in [6.45, 7) is 0.0605. The van der Waals surface area contributed by atoms with Crippen LogP contribution in [0.25, 0.3) is 0 Å². The Morgan fingerprint density at radius 3 is 2.40 bits per heavy atom. The maximum atomic E-state index is 11.8. The zero-order chi connectivity index (χ0) is 15.6. The average Bonchev–Trinajstić information content (AvgIpc) is 2.60. The number of nitrogens with zero attached hydrogens (tertiary/aromatic N) is 1. The molecule has 2 atom stereocenters. The van der Waals surface area contributed by atoms with Crippen molar-refractivity contribution in [1.29, 1.82) is 0 Å². The minimum Gasteiger partial charge on any atom is -0.356 e. The molecule has 0 aliphatic rings. The maximum absolute atomic E-state index is 11.8. The molecule has 2 unspecified atom stereocenters. The number of rotatable bonds is 7. The number of aryl methyl sites for hydroxylation is 1. The van der Waals surface area contributed by atoms with E-state index >= 15 is 0 Å². The van der Waals surface area contributed by atoms with Gasteiger partial charge < -0.3 is 14.4 Å². The zero-order valence-corrected chi connectivity index (χ0v) is 13.3. The Morgan fingerprint density at radius 1 is 1.35 bits per heavy atom. The zero-order valence-electron chi connectivity index (χ0n) is 10.7. The third kappa shape index (κ3) is 5.88. The van der Waals surface area contributed by atoms with Gasteiger partial charge in [-0.15, -0.1) is 0 Å². The molecular formula is C8H15NO8P2S. The van der Waals surface area contributed by atoms with Gasteiger partial charge in [0.05, 0.1) is 17.3 Å². The van der Waals surface area contributed by atoms with Gasteiger partial charge in [-0.1, -0.05) is 0 Å². The monoisotopic (exact) mass is 347 g/mol. The SMILES string of the molecule is Cn1ccc(S(=O)(=O)CCOP(=O)(O)OP(C)(=O)O)c1. The van der Waals surface area contributed by atoms with Crippen molar-refractivity contribution >= 4 is 25.3 Å². The summed E-state index contributed by atoms with van der Waals surface area (Å²) in [4.78, 5) is 17.9. The molecule has 1 aromatic rings. The lowest BCUT2D eigenvalue weighted by atomic mass is 10.7. The smallest absolute Gasteiger partial charge is 0.356 e. The highest BCUT2D eigenvalue weighted by Gasteiger charge is 2.30. The van der Waals surface area contributed by atoms with Crippen LogP contribution in [0, 0.1) is 0 Å². The summed E-state index contributed by atoms with van der Waals surface area (Å²) in [5.41, 5.74) is 0. The van der Waals surface area contributed by atoms with Crippen LogP contribution in [0.1, 0.15) is 0 Å². The number of sulfone groups is 1. The van der Waals surface area contributed by atoms with Crippen LogP contribution in [0.15, 0.2) is 23.4 Å². The Hall–Kier alpha value is -0.470. The van der Waals surface area contributed by atoms with Gasteiger partial charge in [0.25, 0.3) is 0 Å². The van der Waals surface area contributed by atoms with Crippen molar-refractivity contribution < 1.29 is 36.2 Å². The number of phosphoric acid groups is 1. The normalized spacial score (nSPS) is 18.4. The van der Waals surface area contributed by atoms with Crippen molar-refractivity contribution in [2.24, 2.45) is 7.05 Å². The van der Waals surface area contributed by atoms with Crippen LogP contribution in [0.3, 0.4) is 0 Å². The second-order valence-corrected chi connectivity index (χ2v) is 9.58. The summed E-state index contributed by atoms with van der Waals surface area (Å²) in [6.07, 6.45) is 2.91. The van der Waals surface area contributed by atoms with Gasteiger partial charge in [-0.25, -0.2) is 17.3 Å². The molecule has 0 bridgehead atoms. The van der Waals surface area contributed by atoms with Crippen molar-refractivity contribution in [2.75, 3.05) is 19.0 Å². The van der Waals surface area contributed by atoms with Crippen molar-refractivity contribution in [1.82, 2.24) is 4.57 Å². The molecule has 0 saturated heterocycles. The lowest BCUT2D eigenvalue weighted by molar-refractivity contribution is 0.206. The molecule has 1 rings (SSSR count). The molecular weight excluding hydrogens is 332 g/mol. The summed E-state index contributed by atoms with van der Waals surface area (Å²) in [7, 11) is -11.0. The molecule has 0 saturated carbocycles. The fraction of sp³-hybridized carbons (Fsp3) is 0.500. The molecule has 0 radical (unpaired) electrons. The van der Waals surface area contributed by atoms with Crippen molar-refractivity contribution in [3.8, 4) is 0 Å². The van der Waals surface area contributed by atoms with E-state index in [2.05, 4.69) is 8.83 Å². The first-order chi connectivity index (χ1) is 8.91. The van der Waals surface area contributed by atoms with E-state index in [4.69, 9.17) is 9.79 Å². The quantitative estimate of drug-likeness (QED) is 0.691. The molecule has 0 amide bonds. The van der Waals surface area contributed by atoms with Crippen LogP contribution in [0.4, 0.5) is 0 Å². The van der Waals surface area contributed by atoms with Gasteiger partial charge in [0, 0.05) is 26.1 Å². The van der Waals surface area contributed by atoms with E-state index in [1.165, 1.54) is 23.0 Å². The molecule has 2 N–H and O–H groups in total. The Kier molecular flexibility index (Phi) is 5.37. The number of aromatic nitrogens is 1. The van der Waals surface area contributed by atoms with E-state index in [1.807, 2.05) is 0 Å². The van der Waals surface area contributed by atoms with Gasteiger partial charge in [0.1, 0.15) is 0 Å². The van der Waals surface area contributed by atoms with Crippen LogP contribution >= 0.6 is 15.4 Å². The van der Waals surface area contributed by atoms with Crippen LogP contribution < -0.4 is 0 Å². The van der Waals surface area contributed by atoms with E-state index in [9.17, 15) is 17.5 Å². The molecule has 0 aliphatic carbocycles. The molecule has 0 aliphatic heterocycles. The molecule has 0 fully saturated rings. The minimum absolute atomic E-state index is 0.0422. The largest absolute Gasteiger partial charge is 0.479 e. The summed E-state index contributed by atoms with van der Waals surface area (Å²) >= 11 is 0. The summed E-state index contributed by atoms with van der Waals surface area (Å²) < 4.78 is 55.5. The Labute approximate surface area is 116 Å². The van der Waals surface area contributed by atoms with Crippen molar-refractivity contribution in [3.05, 3.63) is 18.5 Å². The lowest BCUT2D eigenvalue weighted by Gasteiger charge is -2.13. The standard InChI is InChI=1S/C8H15NO8P2S/c1-9-4-3-8(7-9)20(14,15)6-5-16-19(12,13)17-18(2,10)11/h3-4,7H,5-6H2,1-2H3,(H,10,11)(H,12,13). The highest BCUT2D eigenvalue weighted by molar-refractivity contribution is 7.91. The lowest BCUT2D eigenvalue weighted by Crippen LogP contribution is -2.11. The molecule has 9 nitrogen and oxygen atoms in total. The number of hydrogen-bond donors (Lipinski definition) is 2. The van der Waals surface area contributed by atoms with Crippen LogP contribution in [0.2, 0.25) is 0 Å². The van der Waals surface area contributed by atoms with Crippen LogP contribution in [0.5, 0.6) is 0 Å².